The quantitative estimate of drug-likeness (QED) is 0.509. The number of aromatic nitrogens is 1. The first kappa shape index (κ1) is 21.1. The standard InChI is InChI=1S/C27H32N2O3/c1-32-26-21(5-4-7-23(26)27(30)31)17-28-14-12-20(13-15-28)24-18-29(16-11-19-9-10-19)25-8-3-2-6-22(24)25/h2-8,18-20H,9-17H2,1H3,(H,30,31). The van der Waals surface area contributed by atoms with Crippen LogP contribution in [0.15, 0.2) is 48.7 Å². The summed E-state index contributed by atoms with van der Waals surface area (Å²) in [6.45, 7) is 3.86. The molecule has 2 heterocycles. The van der Waals surface area contributed by atoms with Crippen LogP contribution in [0.4, 0.5) is 0 Å². The summed E-state index contributed by atoms with van der Waals surface area (Å²) in [5.74, 6) is 1.06. The van der Waals surface area contributed by atoms with Gasteiger partial charge in [0, 0.05) is 35.8 Å². The Bertz CT molecular complexity index is 1110. The van der Waals surface area contributed by atoms with Crippen LogP contribution in [0.3, 0.4) is 0 Å². The Morgan fingerprint density at radius 1 is 1.06 bits per heavy atom. The van der Waals surface area contributed by atoms with Gasteiger partial charge in [-0.05, 0) is 61.9 Å². The summed E-state index contributed by atoms with van der Waals surface area (Å²) < 4.78 is 7.94. The molecule has 5 rings (SSSR count). The van der Waals surface area contributed by atoms with Gasteiger partial charge in [0.1, 0.15) is 11.3 Å². The second-order valence-electron chi connectivity index (χ2n) is 9.38. The number of benzene rings is 2. The van der Waals surface area contributed by atoms with Gasteiger partial charge in [0.05, 0.1) is 7.11 Å². The number of fused-ring (bicyclic) bond motifs is 1. The fourth-order valence-corrected chi connectivity index (χ4v) is 5.28. The maximum absolute atomic E-state index is 11.5. The number of piperidine rings is 1. The maximum atomic E-state index is 11.5. The monoisotopic (exact) mass is 432 g/mol. The first-order valence-corrected chi connectivity index (χ1v) is 11.8. The predicted molar refractivity (Wildman–Crippen MR) is 126 cm³/mol. The lowest BCUT2D eigenvalue weighted by molar-refractivity contribution is 0.0693. The lowest BCUT2D eigenvalue weighted by Crippen LogP contribution is -2.32. The second kappa shape index (κ2) is 8.99. The molecule has 1 saturated heterocycles. The number of methoxy groups -OCH3 is 1. The summed E-state index contributed by atoms with van der Waals surface area (Å²) >= 11 is 0. The molecule has 2 fully saturated rings. The minimum atomic E-state index is -0.944. The average molecular weight is 433 g/mol. The minimum absolute atomic E-state index is 0.235. The van der Waals surface area contributed by atoms with Crippen LogP contribution in [0.1, 0.15) is 59.5 Å². The zero-order valence-corrected chi connectivity index (χ0v) is 18.8. The topological polar surface area (TPSA) is 54.7 Å². The highest BCUT2D eigenvalue weighted by Gasteiger charge is 2.26. The van der Waals surface area contributed by atoms with Gasteiger partial charge in [-0.1, -0.05) is 43.2 Å². The number of para-hydroxylation sites is 2. The summed E-state index contributed by atoms with van der Waals surface area (Å²) in [5.41, 5.74) is 4.06. The number of carboxylic acids is 1. The van der Waals surface area contributed by atoms with Gasteiger partial charge in [0.2, 0.25) is 0 Å². The first-order valence-electron chi connectivity index (χ1n) is 11.8. The molecule has 32 heavy (non-hydrogen) atoms. The van der Waals surface area contributed by atoms with Gasteiger partial charge < -0.3 is 14.4 Å². The normalized spacial score (nSPS) is 17.7. The molecular formula is C27H32N2O3. The van der Waals surface area contributed by atoms with Crippen molar-refractivity contribution < 1.29 is 14.6 Å². The van der Waals surface area contributed by atoms with E-state index in [9.17, 15) is 9.90 Å². The Kier molecular flexibility index (Phi) is 5.92. The summed E-state index contributed by atoms with van der Waals surface area (Å²) in [7, 11) is 1.55. The van der Waals surface area contributed by atoms with Crippen LogP contribution in [-0.2, 0) is 13.1 Å². The summed E-state index contributed by atoms with van der Waals surface area (Å²) in [4.78, 5) is 13.9. The lowest BCUT2D eigenvalue weighted by atomic mass is 9.89. The van der Waals surface area contributed by atoms with Gasteiger partial charge in [-0.15, -0.1) is 0 Å². The second-order valence-corrected chi connectivity index (χ2v) is 9.38. The fourth-order valence-electron chi connectivity index (χ4n) is 5.28. The molecule has 0 unspecified atom stereocenters. The summed E-state index contributed by atoms with van der Waals surface area (Å²) in [6, 6.07) is 14.3. The van der Waals surface area contributed by atoms with Crippen LogP contribution in [0.5, 0.6) is 5.75 Å². The molecule has 1 aliphatic carbocycles. The predicted octanol–water partition coefficient (Wildman–Crippen LogP) is 5.53. The Labute approximate surface area is 189 Å². The largest absolute Gasteiger partial charge is 0.496 e. The molecule has 0 radical (unpaired) electrons. The molecule has 5 heteroatoms. The lowest BCUT2D eigenvalue weighted by Gasteiger charge is -2.32. The third kappa shape index (κ3) is 4.26. The van der Waals surface area contributed by atoms with E-state index in [4.69, 9.17) is 4.74 Å². The van der Waals surface area contributed by atoms with E-state index < -0.39 is 5.97 Å². The Morgan fingerprint density at radius 3 is 2.56 bits per heavy atom. The van der Waals surface area contributed by atoms with Crippen molar-refractivity contribution in [3.05, 3.63) is 65.4 Å². The van der Waals surface area contributed by atoms with E-state index in [1.807, 2.05) is 12.1 Å². The number of rotatable bonds is 8. The van der Waals surface area contributed by atoms with Crippen molar-refractivity contribution >= 4 is 16.9 Å². The van der Waals surface area contributed by atoms with Crippen LogP contribution in [0.25, 0.3) is 10.9 Å². The van der Waals surface area contributed by atoms with Gasteiger partial charge in [0.15, 0.2) is 0 Å². The molecule has 0 bridgehead atoms. The molecule has 168 valence electrons. The number of hydrogen-bond donors (Lipinski definition) is 1. The van der Waals surface area contributed by atoms with E-state index in [0.717, 1.165) is 50.5 Å². The van der Waals surface area contributed by atoms with E-state index in [1.54, 1.807) is 13.2 Å². The number of ether oxygens (including phenoxy) is 1. The molecular weight excluding hydrogens is 400 g/mol. The van der Waals surface area contributed by atoms with Crippen LogP contribution in [-0.4, -0.2) is 40.7 Å². The average Bonchev–Trinajstić information content (AvgIpc) is 3.58. The van der Waals surface area contributed by atoms with Crippen molar-refractivity contribution in [2.75, 3.05) is 20.2 Å². The first-order chi connectivity index (χ1) is 15.6. The fraction of sp³-hybridized carbons (Fsp3) is 0.444. The number of carboxylic acid groups (broad SMARTS) is 1. The number of likely N-dealkylation sites (tertiary alicyclic amines) is 1. The van der Waals surface area contributed by atoms with Crippen molar-refractivity contribution in [2.24, 2.45) is 5.92 Å². The molecule has 2 aliphatic rings. The van der Waals surface area contributed by atoms with Crippen molar-refractivity contribution in [3.63, 3.8) is 0 Å². The van der Waals surface area contributed by atoms with Crippen LogP contribution in [0, 0.1) is 5.92 Å². The van der Waals surface area contributed by atoms with Crippen LogP contribution < -0.4 is 4.74 Å². The van der Waals surface area contributed by atoms with Crippen molar-refractivity contribution in [3.8, 4) is 5.75 Å². The highest BCUT2D eigenvalue weighted by molar-refractivity contribution is 5.91. The molecule has 0 atom stereocenters. The molecule has 0 spiro atoms. The number of aryl methyl sites for hydroxylation is 1. The zero-order valence-electron chi connectivity index (χ0n) is 18.8. The molecule has 1 N–H and O–H groups in total. The molecule has 1 aliphatic heterocycles. The summed E-state index contributed by atoms with van der Waals surface area (Å²) in [6.07, 6.45) is 8.78. The number of carbonyl (C=O) groups is 1. The van der Waals surface area contributed by atoms with E-state index in [-0.39, 0.29) is 5.56 Å². The van der Waals surface area contributed by atoms with Crippen molar-refractivity contribution in [1.29, 1.82) is 0 Å². The van der Waals surface area contributed by atoms with Crippen molar-refractivity contribution in [1.82, 2.24) is 9.47 Å². The van der Waals surface area contributed by atoms with Gasteiger partial charge in [0.25, 0.3) is 0 Å². The van der Waals surface area contributed by atoms with E-state index in [1.165, 1.54) is 35.7 Å². The highest BCUT2D eigenvalue weighted by Crippen LogP contribution is 2.37. The molecule has 5 nitrogen and oxygen atoms in total. The number of nitrogens with zero attached hydrogens (tertiary/aromatic N) is 2. The molecule has 0 amide bonds. The Balaban J connectivity index is 1.29. The molecule has 1 saturated carbocycles. The number of aromatic carboxylic acids is 1. The SMILES string of the molecule is COc1c(CN2CCC(c3cn(CCC4CC4)c4ccccc34)CC2)cccc1C(=O)O. The van der Waals surface area contributed by atoms with Gasteiger partial charge in [-0.3, -0.25) is 4.90 Å². The van der Waals surface area contributed by atoms with Gasteiger partial charge >= 0.3 is 5.97 Å². The number of hydrogen-bond acceptors (Lipinski definition) is 3. The van der Waals surface area contributed by atoms with E-state index >= 15 is 0 Å². The zero-order chi connectivity index (χ0) is 22.1. The summed E-state index contributed by atoms with van der Waals surface area (Å²) in [5, 5.41) is 10.9. The Hall–Kier alpha value is -2.79. The third-order valence-corrected chi connectivity index (χ3v) is 7.25. The molecule has 2 aromatic carbocycles. The van der Waals surface area contributed by atoms with Crippen LogP contribution >= 0.6 is 0 Å². The Morgan fingerprint density at radius 2 is 1.84 bits per heavy atom. The van der Waals surface area contributed by atoms with Gasteiger partial charge in [-0.25, -0.2) is 4.79 Å². The third-order valence-electron chi connectivity index (χ3n) is 7.25. The smallest absolute Gasteiger partial charge is 0.339 e. The maximum Gasteiger partial charge on any atom is 0.339 e. The highest BCUT2D eigenvalue weighted by atomic mass is 16.5. The van der Waals surface area contributed by atoms with Crippen LogP contribution in [0.2, 0.25) is 0 Å². The van der Waals surface area contributed by atoms with E-state index in [0.29, 0.717) is 11.7 Å². The molecule has 3 aromatic rings. The van der Waals surface area contributed by atoms with Crippen molar-refractivity contribution in [2.45, 2.75) is 51.1 Å². The van der Waals surface area contributed by atoms with Gasteiger partial charge in [-0.2, -0.15) is 0 Å². The molecule has 1 aromatic heterocycles. The van der Waals surface area contributed by atoms with E-state index in [2.05, 4.69) is 39.9 Å². The minimum Gasteiger partial charge on any atom is -0.496 e.